The molecule has 0 amide bonds. The van der Waals surface area contributed by atoms with E-state index in [-0.39, 0.29) is 11.9 Å². The molecule has 16 heavy (non-hydrogen) atoms. The number of hydrogen-bond donors (Lipinski definition) is 3. The number of methoxy groups -OCH3 is 1. The molecule has 4 N–H and O–H groups in total. The molecular weight excluding hydrogens is 228 g/mol. The minimum absolute atomic E-state index is 0.0545. The fourth-order valence-electron chi connectivity index (χ4n) is 1.10. The van der Waals surface area contributed by atoms with E-state index < -0.39 is 0 Å². The second-order valence-electron chi connectivity index (χ2n) is 3.36. The Kier molecular flexibility index (Phi) is 4.52. The number of rotatable bonds is 5. The average Bonchev–Trinajstić information content (AvgIpc) is 2.26. The van der Waals surface area contributed by atoms with Crippen molar-refractivity contribution in [3.8, 4) is 0 Å². The van der Waals surface area contributed by atoms with Crippen LogP contribution < -0.4 is 11.1 Å². The van der Waals surface area contributed by atoms with Crippen molar-refractivity contribution in [2.24, 2.45) is 5.73 Å². The van der Waals surface area contributed by atoms with Gasteiger partial charge in [-0.25, -0.2) is 4.98 Å². The summed E-state index contributed by atoms with van der Waals surface area (Å²) in [6, 6.07) is 1.61. The topological polar surface area (TPSA) is 84.0 Å². The number of anilines is 1. The van der Waals surface area contributed by atoms with Crippen LogP contribution >= 0.6 is 11.6 Å². The van der Waals surface area contributed by atoms with E-state index in [2.05, 4.69) is 10.3 Å². The lowest BCUT2D eigenvalue weighted by Gasteiger charge is -2.13. The van der Waals surface area contributed by atoms with E-state index in [1.54, 1.807) is 19.4 Å². The number of hydrogen-bond acceptors (Lipinski definition) is 4. The highest BCUT2D eigenvalue weighted by molar-refractivity contribution is 6.36. The molecule has 0 radical (unpaired) electrons. The third-order valence-electron chi connectivity index (χ3n) is 2.14. The molecular formula is C10H15ClN4O. The zero-order valence-electron chi connectivity index (χ0n) is 9.25. The molecule has 0 aromatic carbocycles. The summed E-state index contributed by atoms with van der Waals surface area (Å²) < 4.78 is 5.09. The van der Waals surface area contributed by atoms with Gasteiger partial charge in [-0.15, -0.1) is 0 Å². The molecule has 5 nitrogen and oxygen atoms in total. The number of pyridine rings is 1. The van der Waals surface area contributed by atoms with Crippen LogP contribution in [0.25, 0.3) is 0 Å². The second-order valence-corrected chi connectivity index (χ2v) is 3.74. The van der Waals surface area contributed by atoms with Crippen LogP contribution in [-0.2, 0) is 4.74 Å². The van der Waals surface area contributed by atoms with Crippen LogP contribution in [0.4, 0.5) is 5.82 Å². The lowest BCUT2D eigenvalue weighted by Crippen LogP contribution is -2.20. The SMILES string of the molecule is COC(C)CNc1nccc(C(=N)N)c1Cl. The minimum Gasteiger partial charge on any atom is -0.384 e. The fraction of sp³-hybridized carbons (Fsp3) is 0.400. The molecule has 0 aliphatic carbocycles. The Morgan fingerprint density at radius 3 is 3.00 bits per heavy atom. The van der Waals surface area contributed by atoms with Gasteiger partial charge < -0.3 is 15.8 Å². The lowest BCUT2D eigenvalue weighted by atomic mass is 10.2. The maximum Gasteiger partial charge on any atom is 0.145 e. The zero-order valence-corrected chi connectivity index (χ0v) is 10.0. The van der Waals surface area contributed by atoms with Crippen molar-refractivity contribution in [1.29, 1.82) is 5.41 Å². The van der Waals surface area contributed by atoms with Gasteiger partial charge in [0.25, 0.3) is 0 Å². The Balaban J connectivity index is 2.81. The van der Waals surface area contributed by atoms with Crippen molar-refractivity contribution in [2.45, 2.75) is 13.0 Å². The summed E-state index contributed by atoms with van der Waals surface area (Å²) in [6.07, 6.45) is 1.61. The van der Waals surface area contributed by atoms with E-state index in [0.29, 0.717) is 22.9 Å². The van der Waals surface area contributed by atoms with Crippen molar-refractivity contribution in [2.75, 3.05) is 19.0 Å². The van der Waals surface area contributed by atoms with Gasteiger partial charge in [0.2, 0.25) is 0 Å². The van der Waals surface area contributed by atoms with Gasteiger partial charge in [-0.05, 0) is 13.0 Å². The standard InChI is InChI=1S/C10H15ClN4O/c1-6(16-2)5-15-10-8(11)7(9(12)13)3-4-14-10/h3-4,6H,5H2,1-2H3,(H3,12,13)(H,14,15). The number of halogens is 1. The van der Waals surface area contributed by atoms with Crippen molar-refractivity contribution < 1.29 is 4.74 Å². The van der Waals surface area contributed by atoms with Gasteiger partial charge in [-0.3, -0.25) is 5.41 Å². The van der Waals surface area contributed by atoms with Crippen LogP contribution in [0.1, 0.15) is 12.5 Å². The number of amidine groups is 1. The van der Waals surface area contributed by atoms with Gasteiger partial charge in [0.05, 0.1) is 11.1 Å². The summed E-state index contributed by atoms with van der Waals surface area (Å²) in [7, 11) is 1.63. The van der Waals surface area contributed by atoms with Crippen LogP contribution in [0, 0.1) is 5.41 Å². The highest BCUT2D eigenvalue weighted by Gasteiger charge is 2.10. The normalized spacial score (nSPS) is 12.2. The summed E-state index contributed by atoms with van der Waals surface area (Å²) in [5, 5.41) is 10.7. The highest BCUT2D eigenvalue weighted by atomic mass is 35.5. The first-order valence-corrected chi connectivity index (χ1v) is 5.19. The van der Waals surface area contributed by atoms with Gasteiger partial charge in [0.15, 0.2) is 0 Å². The van der Waals surface area contributed by atoms with Gasteiger partial charge in [0, 0.05) is 25.4 Å². The van der Waals surface area contributed by atoms with Crippen molar-refractivity contribution in [3.63, 3.8) is 0 Å². The molecule has 0 spiro atoms. The van der Waals surface area contributed by atoms with Crippen LogP contribution in [0.5, 0.6) is 0 Å². The molecule has 0 saturated carbocycles. The Morgan fingerprint density at radius 1 is 1.75 bits per heavy atom. The summed E-state index contributed by atoms with van der Waals surface area (Å²) >= 11 is 6.04. The van der Waals surface area contributed by atoms with Gasteiger partial charge in [-0.2, -0.15) is 0 Å². The molecule has 88 valence electrons. The van der Waals surface area contributed by atoms with E-state index in [1.807, 2.05) is 6.92 Å². The molecule has 1 rings (SSSR count). The van der Waals surface area contributed by atoms with E-state index in [0.717, 1.165) is 0 Å². The molecule has 1 aromatic heterocycles. The number of ether oxygens (including phenoxy) is 1. The summed E-state index contributed by atoms with van der Waals surface area (Å²) in [5.74, 6) is 0.438. The summed E-state index contributed by atoms with van der Waals surface area (Å²) in [5.41, 5.74) is 5.86. The van der Waals surface area contributed by atoms with E-state index in [9.17, 15) is 0 Å². The number of nitrogens with zero attached hydrogens (tertiary/aromatic N) is 1. The van der Waals surface area contributed by atoms with Crippen molar-refractivity contribution in [3.05, 3.63) is 22.8 Å². The molecule has 0 aliphatic heterocycles. The highest BCUT2D eigenvalue weighted by Crippen LogP contribution is 2.22. The van der Waals surface area contributed by atoms with Crippen molar-refractivity contribution >= 4 is 23.3 Å². The summed E-state index contributed by atoms with van der Waals surface area (Å²) in [6.45, 7) is 2.51. The van der Waals surface area contributed by atoms with Gasteiger partial charge in [0.1, 0.15) is 11.7 Å². The lowest BCUT2D eigenvalue weighted by molar-refractivity contribution is 0.128. The van der Waals surface area contributed by atoms with E-state index >= 15 is 0 Å². The fourth-order valence-corrected chi connectivity index (χ4v) is 1.38. The maximum absolute atomic E-state index is 7.34. The van der Waals surface area contributed by atoms with Gasteiger partial charge >= 0.3 is 0 Å². The first-order chi connectivity index (χ1) is 7.56. The van der Waals surface area contributed by atoms with Crippen LogP contribution in [-0.4, -0.2) is 30.6 Å². The molecule has 0 fully saturated rings. The van der Waals surface area contributed by atoms with Crippen LogP contribution in [0.15, 0.2) is 12.3 Å². The predicted octanol–water partition coefficient (Wildman–Crippen LogP) is 1.47. The molecule has 1 atom stereocenters. The minimum atomic E-state index is -0.0739. The Hall–Kier alpha value is -1.33. The number of aromatic nitrogens is 1. The third kappa shape index (κ3) is 3.08. The summed E-state index contributed by atoms with van der Waals surface area (Å²) in [4.78, 5) is 4.08. The first-order valence-electron chi connectivity index (χ1n) is 4.81. The van der Waals surface area contributed by atoms with Crippen LogP contribution in [0.2, 0.25) is 5.02 Å². The zero-order chi connectivity index (χ0) is 12.1. The monoisotopic (exact) mass is 242 g/mol. The van der Waals surface area contributed by atoms with E-state index in [1.165, 1.54) is 0 Å². The molecule has 0 aliphatic rings. The molecule has 0 bridgehead atoms. The largest absolute Gasteiger partial charge is 0.384 e. The Labute approximate surface area is 99.5 Å². The molecule has 0 saturated heterocycles. The van der Waals surface area contributed by atoms with E-state index in [4.69, 9.17) is 27.5 Å². The molecule has 6 heteroatoms. The smallest absolute Gasteiger partial charge is 0.145 e. The molecule has 1 aromatic rings. The quantitative estimate of drug-likeness (QED) is 0.539. The number of nitrogen functional groups attached to an aromatic ring is 1. The predicted molar refractivity (Wildman–Crippen MR) is 65.2 cm³/mol. The average molecular weight is 243 g/mol. The van der Waals surface area contributed by atoms with Crippen LogP contribution in [0.3, 0.4) is 0 Å². The second kappa shape index (κ2) is 5.67. The molecule has 1 unspecified atom stereocenters. The Morgan fingerprint density at radius 2 is 2.44 bits per heavy atom. The Bertz CT molecular complexity index is 383. The van der Waals surface area contributed by atoms with Gasteiger partial charge in [-0.1, -0.05) is 11.6 Å². The third-order valence-corrected chi connectivity index (χ3v) is 2.52. The first kappa shape index (κ1) is 12.7. The molecule has 1 heterocycles. The number of nitrogens with one attached hydrogen (secondary N) is 2. The number of nitrogens with two attached hydrogens (primary N) is 1. The maximum atomic E-state index is 7.34. The van der Waals surface area contributed by atoms with Crippen molar-refractivity contribution in [1.82, 2.24) is 4.98 Å².